The van der Waals surface area contributed by atoms with E-state index in [1.807, 2.05) is 6.92 Å². The van der Waals surface area contributed by atoms with Crippen LogP contribution in [0.3, 0.4) is 0 Å². The number of halogens is 4. The molecule has 0 amide bonds. The Balaban J connectivity index is 0.00000361. The van der Waals surface area contributed by atoms with E-state index in [0.29, 0.717) is 6.42 Å². The van der Waals surface area contributed by atoms with Gasteiger partial charge in [0, 0.05) is 11.6 Å². The maximum atomic E-state index is 12.1. The summed E-state index contributed by atoms with van der Waals surface area (Å²) in [6.07, 6.45) is -1.26. The Hall–Kier alpha value is -1.14. The molecule has 20 heavy (non-hydrogen) atoms. The standard InChI is InChI=1S/C13H18F3NO2.ClH/c1-2-3-4-5-11(17)10-8-9(6-7-12(10)18)19-13(14,15)16;/h6-8,11,18H,2-5,17H2,1H3;1H/t11-;/m1./s1. The summed E-state index contributed by atoms with van der Waals surface area (Å²) < 4.78 is 40.1. The van der Waals surface area contributed by atoms with Gasteiger partial charge in [-0.1, -0.05) is 26.2 Å². The minimum absolute atomic E-state index is 0. The van der Waals surface area contributed by atoms with Crippen LogP contribution in [-0.2, 0) is 0 Å². The number of aromatic hydroxyl groups is 1. The van der Waals surface area contributed by atoms with Crippen LogP contribution in [0.1, 0.15) is 44.2 Å². The summed E-state index contributed by atoms with van der Waals surface area (Å²) in [6.45, 7) is 2.04. The minimum atomic E-state index is -4.75. The van der Waals surface area contributed by atoms with Gasteiger partial charge >= 0.3 is 6.36 Å². The molecular formula is C13H19ClF3NO2. The van der Waals surface area contributed by atoms with Crippen LogP contribution in [0, 0.1) is 0 Å². The Kier molecular flexibility index (Phi) is 7.75. The Morgan fingerprint density at radius 3 is 2.50 bits per heavy atom. The number of phenolic OH excluding ortho intramolecular Hbond substituents is 1. The van der Waals surface area contributed by atoms with Crippen LogP contribution in [0.4, 0.5) is 13.2 Å². The summed E-state index contributed by atoms with van der Waals surface area (Å²) >= 11 is 0. The molecule has 3 nitrogen and oxygen atoms in total. The molecule has 1 aromatic rings. The van der Waals surface area contributed by atoms with Crippen molar-refractivity contribution in [2.24, 2.45) is 5.73 Å². The number of rotatable bonds is 6. The molecule has 1 atom stereocenters. The highest BCUT2D eigenvalue weighted by Crippen LogP contribution is 2.32. The zero-order chi connectivity index (χ0) is 14.5. The maximum absolute atomic E-state index is 12.1. The molecule has 0 aliphatic heterocycles. The van der Waals surface area contributed by atoms with E-state index in [-0.39, 0.29) is 29.5 Å². The first kappa shape index (κ1) is 18.9. The van der Waals surface area contributed by atoms with Gasteiger partial charge in [-0.05, 0) is 24.6 Å². The summed E-state index contributed by atoms with van der Waals surface area (Å²) in [4.78, 5) is 0. The lowest BCUT2D eigenvalue weighted by molar-refractivity contribution is -0.274. The summed E-state index contributed by atoms with van der Waals surface area (Å²) in [7, 11) is 0. The second-order valence-corrected chi connectivity index (χ2v) is 4.37. The smallest absolute Gasteiger partial charge is 0.508 e. The van der Waals surface area contributed by atoms with Crippen molar-refractivity contribution in [2.45, 2.75) is 45.0 Å². The predicted octanol–water partition coefficient (Wildman–Crippen LogP) is 4.29. The van der Waals surface area contributed by atoms with E-state index in [0.717, 1.165) is 37.5 Å². The van der Waals surface area contributed by atoms with E-state index >= 15 is 0 Å². The highest BCUT2D eigenvalue weighted by Gasteiger charge is 2.31. The number of nitrogens with two attached hydrogens (primary N) is 1. The summed E-state index contributed by atoms with van der Waals surface area (Å²) in [5.41, 5.74) is 6.15. The Morgan fingerprint density at radius 1 is 1.30 bits per heavy atom. The zero-order valence-corrected chi connectivity index (χ0v) is 11.9. The summed E-state index contributed by atoms with van der Waals surface area (Å²) in [5, 5.41) is 9.64. The molecule has 0 unspecified atom stereocenters. The second kappa shape index (κ2) is 8.21. The number of benzene rings is 1. The average molecular weight is 314 g/mol. The van der Waals surface area contributed by atoms with Gasteiger partial charge in [0.05, 0.1) is 0 Å². The van der Waals surface area contributed by atoms with Crippen LogP contribution in [0.2, 0.25) is 0 Å². The first-order chi connectivity index (χ1) is 8.83. The number of alkyl halides is 3. The number of unbranched alkanes of at least 4 members (excludes halogenated alkanes) is 2. The molecule has 0 aliphatic carbocycles. The summed E-state index contributed by atoms with van der Waals surface area (Å²) in [5.74, 6) is -0.482. The Morgan fingerprint density at radius 2 is 1.95 bits per heavy atom. The number of ether oxygens (including phenoxy) is 1. The molecule has 0 saturated heterocycles. The SMILES string of the molecule is CCCCC[C@@H](N)c1cc(OC(F)(F)F)ccc1O.Cl. The van der Waals surface area contributed by atoms with Gasteiger partial charge in [0.15, 0.2) is 0 Å². The molecule has 0 fully saturated rings. The third kappa shape index (κ3) is 6.34. The maximum Gasteiger partial charge on any atom is 0.573 e. The zero-order valence-electron chi connectivity index (χ0n) is 11.1. The molecule has 1 rings (SSSR count). The summed E-state index contributed by atoms with van der Waals surface area (Å²) in [6, 6.07) is 2.86. The van der Waals surface area contributed by atoms with Gasteiger partial charge in [0.25, 0.3) is 0 Å². The molecule has 116 valence electrons. The monoisotopic (exact) mass is 313 g/mol. The molecule has 0 radical (unpaired) electrons. The van der Waals surface area contributed by atoms with E-state index in [9.17, 15) is 18.3 Å². The lowest BCUT2D eigenvalue weighted by atomic mass is 10.0. The van der Waals surface area contributed by atoms with Gasteiger partial charge in [-0.15, -0.1) is 25.6 Å². The number of hydrogen-bond donors (Lipinski definition) is 2. The third-order valence-electron chi connectivity index (χ3n) is 2.75. The molecule has 0 saturated carbocycles. The lowest BCUT2D eigenvalue weighted by Gasteiger charge is -2.16. The average Bonchev–Trinajstić information content (AvgIpc) is 2.30. The Labute approximate surface area is 122 Å². The largest absolute Gasteiger partial charge is 0.573 e. The van der Waals surface area contributed by atoms with Crippen molar-refractivity contribution in [3.8, 4) is 11.5 Å². The molecule has 0 spiro atoms. The fraction of sp³-hybridized carbons (Fsp3) is 0.538. The van der Waals surface area contributed by atoms with Crippen molar-refractivity contribution in [1.29, 1.82) is 0 Å². The third-order valence-corrected chi connectivity index (χ3v) is 2.75. The van der Waals surface area contributed by atoms with E-state index in [1.165, 1.54) is 0 Å². The Bertz CT molecular complexity index is 413. The quantitative estimate of drug-likeness (QED) is 0.770. The van der Waals surface area contributed by atoms with Gasteiger partial charge < -0.3 is 15.6 Å². The number of phenols is 1. The van der Waals surface area contributed by atoms with Gasteiger partial charge in [-0.3, -0.25) is 0 Å². The molecule has 0 aromatic heterocycles. The van der Waals surface area contributed by atoms with Crippen LogP contribution in [-0.4, -0.2) is 11.5 Å². The van der Waals surface area contributed by atoms with E-state index in [2.05, 4.69) is 4.74 Å². The van der Waals surface area contributed by atoms with Gasteiger partial charge in [-0.25, -0.2) is 0 Å². The second-order valence-electron chi connectivity index (χ2n) is 4.37. The van der Waals surface area contributed by atoms with Crippen LogP contribution >= 0.6 is 12.4 Å². The molecule has 3 N–H and O–H groups in total. The topological polar surface area (TPSA) is 55.5 Å². The van der Waals surface area contributed by atoms with Crippen LogP contribution in [0.5, 0.6) is 11.5 Å². The lowest BCUT2D eigenvalue weighted by Crippen LogP contribution is -2.18. The van der Waals surface area contributed by atoms with Crippen molar-refractivity contribution in [1.82, 2.24) is 0 Å². The van der Waals surface area contributed by atoms with Gasteiger partial charge in [-0.2, -0.15) is 0 Å². The van der Waals surface area contributed by atoms with E-state index in [4.69, 9.17) is 5.73 Å². The first-order valence-corrected chi connectivity index (χ1v) is 6.17. The molecule has 1 aromatic carbocycles. The van der Waals surface area contributed by atoms with Crippen molar-refractivity contribution < 1.29 is 23.0 Å². The first-order valence-electron chi connectivity index (χ1n) is 6.17. The van der Waals surface area contributed by atoms with Crippen LogP contribution in [0.15, 0.2) is 18.2 Å². The molecule has 0 bridgehead atoms. The predicted molar refractivity (Wildman–Crippen MR) is 73.1 cm³/mol. The van der Waals surface area contributed by atoms with E-state index in [1.54, 1.807) is 0 Å². The highest BCUT2D eigenvalue weighted by atomic mass is 35.5. The molecule has 0 aliphatic rings. The normalized spacial score (nSPS) is 12.7. The van der Waals surface area contributed by atoms with E-state index < -0.39 is 12.4 Å². The fourth-order valence-electron chi connectivity index (χ4n) is 1.80. The van der Waals surface area contributed by atoms with Gasteiger partial charge in [0.2, 0.25) is 0 Å². The van der Waals surface area contributed by atoms with Crippen LogP contribution < -0.4 is 10.5 Å². The van der Waals surface area contributed by atoms with Crippen LogP contribution in [0.25, 0.3) is 0 Å². The molecule has 7 heteroatoms. The number of hydrogen-bond acceptors (Lipinski definition) is 3. The van der Waals surface area contributed by atoms with Crippen molar-refractivity contribution in [3.05, 3.63) is 23.8 Å². The molecule has 0 heterocycles. The van der Waals surface area contributed by atoms with Crippen molar-refractivity contribution in [3.63, 3.8) is 0 Å². The minimum Gasteiger partial charge on any atom is -0.508 e. The fourth-order valence-corrected chi connectivity index (χ4v) is 1.80. The highest BCUT2D eigenvalue weighted by molar-refractivity contribution is 5.85. The molecular weight excluding hydrogens is 295 g/mol. The van der Waals surface area contributed by atoms with Crippen molar-refractivity contribution >= 4 is 12.4 Å². The van der Waals surface area contributed by atoms with Gasteiger partial charge in [0.1, 0.15) is 11.5 Å². The van der Waals surface area contributed by atoms with Crippen molar-refractivity contribution in [2.75, 3.05) is 0 Å².